The molecule has 1 aromatic rings. The SMILES string of the molecule is CC1=C(C(=O)O)N2C(=O)[C@H](NC(=O)c3ccccc3Cl)[C@H]2SC1. The number of carbonyl (C=O) groups is 3. The van der Waals surface area contributed by atoms with Gasteiger partial charge in [0.1, 0.15) is 17.1 Å². The van der Waals surface area contributed by atoms with Crippen LogP contribution in [-0.2, 0) is 9.59 Å². The van der Waals surface area contributed by atoms with Crippen LogP contribution in [0.3, 0.4) is 0 Å². The summed E-state index contributed by atoms with van der Waals surface area (Å²) in [5, 5.41) is 11.8. The number of carbonyl (C=O) groups excluding carboxylic acids is 2. The minimum Gasteiger partial charge on any atom is -0.477 e. The summed E-state index contributed by atoms with van der Waals surface area (Å²) >= 11 is 7.41. The fraction of sp³-hybridized carbons (Fsp3) is 0.267. The maximum Gasteiger partial charge on any atom is 0.352 e. The highest BCUT2D eigenvalue weighted by Crippen LogP contribution is 2.40. The molecule has 2 aliphatic heterocycles. The maximum absolute atomic E-state index is 12.3. The lowest BCUT2D eigenvalue weighted by Gasteiger charge is -2.49. The van der Waals surface area contributed by atoms with Crippen LogP contribution in [0.2, 0.25) is 5.02 Å². The van der Waals surface area contributed by atoms with Gasteiger partial charge in [0, 0.05) is 5.75 Å². The van der Waals surface area contributed by atoms with Gasteiger partial charge in [-0.3, -0.25) is 14.5 Å². The fourth-order valence-corrected chi connectivity index (χ4v) is 4.15. The topological polar surface area (TPSA) is 86.7 Å². The van der Waals surface area contributed by atoms with E-state index in [0.29, 0.717) is 16.3 Å². The first-order valence-corrected chi connectivity index (χ1v) is 8.27. The number of nitrogens with one attached hydrogen (secondary N) is 1. The summed E-state index contributed by atoms with van der Waals surface area (Å²) in [5.74, 6) is -1.48. The van der Waals surface area contributed by atoms with Crippen molar-refractivity contribution in [3.8, 4) is 0 Å². The highest BCUT2D eigenvalue weighted by molar-refractivity contribution is 8.00. The van der Waals surface area contributed by atoms with Crippen molar-refractivity contribution in [3.63, 3.8) is 0 Å². The Hall–Kier alpha value is -1.99. The summed E-state index contributed by atoms with van der Waals surface area (Å²) < 4.78 is 0. The molecular formula is C15H13ClN2O4S. The molecule has 2 atom stereocenters. The van der Waals surface area contributed by atoms with Gasteiger partial charge in [-0.05, 0) is 24.6 Å². The highest BCUT2D eigenvalue weighted by atomic mass is 35.5. The van der Waals surface area contributed by atoms with Crippen LogP contribution in [0, 0.1) is 0 Å². The van der Waals surface area contributed by atoms with Crippen molar-refractivity contribution >= 4 is 41.1 Å². The van der Waals surface area contributed by atoms with E-state index in [9.17, 15) is 19.5 Å². The van der Waals surface area contributed by atoms with Crippen molar-refractivity contribution in [1.29, 1.82) is 0 Å². The molecule has 1 aromatic carbocycles. The van der Waals surface area contributed by atoms with E-state index in [1.54, 1.807) is 31.2 Å². The van der Waals surface area contributed by atoms with E-state index in [2.05, 4.69) is 5.32 Å². The predicted molar refractivity (Wildman–Crippen MR) is 86.1 cm³/mol. The van der Waals surface area contributed by atoms with E-state index >= 15 is 0 Å². The Balaban J connectivity index is 1.78. The zero-order valence-corrected chi connectivity index (χ0v) is 13.6. The zero-order valence-electron chi connectivity index (χ0n) is 12.1. The summed E-state index contributed by atoms with van der Waals surface area (Å²) in [6.45, 7) is 1.69. The number of halogens is 1. The van der Waals surface area contributed by atoms with E-state index in [0.717, 1.165) is 0 Å². The van der Waals surface area contributed by atoms with Gasteiger partial charge in [0.05, 0.1) is 10.6 Å². The third kappa shape index (κ3) is 2.60. The molecule has 2 heterocycles. The molecule has 0 unspecified atom stereocenters. The molecule has 0 radical (unpaired) electrons. The van der Waals surface area contributed by atoms with Gasteiger partial charge in [0.2, 0.25) is 0 Å². The third-order valence-corrected chi connectivity index (χ3v) is 5.52. The molecule has 0 spiro atoms. The molecule has 8 heteroatoms. The minimum absolute atomic E-state index is 0.0157. The number of amides is 2. The number of fused-ring (bicyclic) bond motifs is 1. The van der Waals surface area contributed by atoms with Gasteiger partial charge in [-0.1, -0.05) is 23.7 Å². The molecule has 23 heavy (non-hydrogen) atoms. The summed E-state index contributed by atoms with van der Waals surface area (Å²) in [6.07, 6.45) is 0. The summed E-state index contributed by atoms with van der Waals surface area (Å²) in [5.41, 5.74) is 0.941. The Morgan fingerprint density at radius 2 is 2.09 bits per heavy atom. The van der Waals surface area contributed by atoms with Gasteiger partial charge in [-0.15, -0.1) is 11.8 Å². The molecule has 1 fully saturated rings. The molecule has 1 saturated heterocycles. The number of aliphatic carboxylic acids is 1. The van der Waals surface area contributed by atoms with Crippen LogP contribution in [-0.4, -0.2) is 45.0 Å². The predicted octanol–water partition coefficient (Wildman–Crippen LogP) is 1.71. The van der Waals surface area contributed by atoms with Crippen LogP contribution in [0.5, 0.6) is 0 Å². The number of β-lactam (4-membered cyclic amide) rings is 1. The monoisotopic (exact) mass is 352 g/mol. The van der Waals surface area contributed by atoms with Crippen molar-refractivity contribution < 1.29 is 19.5 Å². The average Bonchev–Trinajstić information content (AvgIpc) is 2.52. The van der Waals surface area contributed by atoms with E-state index in [1.165, 1.54) is 16.7 Å². The molecule has 2 aliphatic rings. The van der Waals surface area contributed by atoms with Crippen molar-refractivity contribution in [2.24, 2.45) is 0 Å². The molecule has 2 N–H and O–H groups in total. The first kappa shape index (κ1) is 15.9. The Bertz CT molecular complexity index is 749. The first-order chi connectivity index (χ1) is 10.9. The van der Waals surface area contributed by atoms with Crippen LogP contribution < -0.4 is 5.32 Å². The molecule has 0 aliphatic carbocycles. The summed E-state index contributed by atoms with van der Waals surface area (Å²) in [7, 11) is 0. The lowest BCUT2D eigenvalue weighted by Crippen LogP contribution is -2.70. The lowest BCUT2D eigenvalue weighted by atomic mass is 10.0. The van der Waals surface area contributed by atoms with Crippen LogP contribution in [0.15, 0.2) is 35.5 Å². The smallest absolute Gasteiger partial charge is 0.352 e. The van der Waals surface area contributed by atoms with Crippen molar-refractivity contribution in [3.05, 3.63) is 46.1 Å². The van der Waals surface area contributed by atoms with Gasteiger partial charge in [0.15, 0.2) is 0 Å². The Morgan fingerprint density at radius 1 is 1.39 bits per heavy atom. The second-order valence-electron chi connectivity index (χ2n) is 5.27. The number of rotatable bonds is 3. The van der Waals surface area contributed by atoms with Crippen LogP contribution in [0.1, 0.15) is 17.3 Å². The van der Waals surface area contributed by atoms with Crippen LogP contribution in [0.4, 0.5) is 0 Å². The van der Waals surface area contributed by atoms with Crippen LogP contribution >= 0.6 is 23.4 Å². The largest absolute Gasteiger partial charge is 0.477 e. The molecule has 0 saturated carbocycles. The number of hydrogen-bond acceptors (Lipinski definition) is 4. The molecule has 6 nitrogen and oxygen atoms in total. The van der Waals surface area contributed by atoms with Gasteiger partial charge >= 0.3 is 5.97 Å². The average molecular weight is 353 g/mol. The fourth-order valence-electron chi connectivity index (χ4n) is 2.64. The van der Waals surface area contributed by atoms with Crippen molar-refractivity contribution in [2.75, 3.05) is 5.75 Å². The van der Waals surface area contributed by atoms with Gasteiger partial charge < -0.3 is 10.4 Å². The number of thioether (sulfide) groups is 1. The first-order valence-electron chi connectivity index (χ1n) is 6.85. The van der Waals surface area contributed by atoms with Crippen molar-refractivity contribution in [1.82, 2.24) is 10.2 Å². The third-order valence-electron chi connectivity index (χ3n) is 3.77. The van der Waals surface area contributed by atoms with Gasteiger partial charge in [-0.25, -0.2) is 4.79 Å². The number of carboxylic acid groups (broad SMARTS) is 1. The molecule has 120 valence electrons. The van der Waals surface area contributed by atoms with Gasteiger partial charge in [0.25, 0.3) is 11.8 Å². The maximum atomic E-state index is 12.3. The number of nitrogens with zero attached hydrogens (tertiary/aromatic N) is 1. The minimum atomic E-state index is -1.13. The summed E-state index contributed by atoms with van der Waals surface area (Å²) in [6, 6.07) is 5.80. The van der Waals surface area contributed by atoms with Crippen molar-refractivity contribution in [2.45, 2.75) is 18.3 Å². The molecule has 0 bridgehead atoms. The number of carboxylic acids is 1. The number of benzene rings is 1. The van der Waals surface area contributed by atoms with E-state index in [-0.39, 0.29) is 11.3 Å². The lowest BCUT2D eigenvalue weighted by molar-refractivity contribution is -0.148. The molecule has 2 amide bonds. The van der Waals surface area contributed by atoms with Crippen LogP contribution in [0.25, 0.3) is 0 Å². The second-order valence-corrected chi connectivity index (χ2v) is 6.79. The molecule has 0 aromatic heterocycles. The standard InChI is InChI=1S/C15H13ClN2O4S/c1-7-6-23-14-10(13(20)18(14)11(7)15(21)22)17-12(19)8-4-2-3-5-9(8)16/h2-5,10,14H,6H2,1H3,(H,17,19)(H,21,22)/t10-,14+/m0/s1. The van der Waals surface area contributed by atoms with E-state index in [1.807, 2.05) is 0 Å². The quantitative estimate of drug-likeness (QED) is 0.809. The summed E-state index contributed by atoms with van der Waals surface area (Å²) in [4.78, 5) is 37.1. The molecule has 3 rings (SSSR count). The Morgan fingerprint density at radius 3 is 2.74 bits per heavy atom. The Labute approximate surface area is 141 Å². The Kier molecular flexibility index (Phi) is 4.08. The highest BCUT2D eigenvalue weighted by Gasteiger charge is 2.53. The second kappa shape index (κ2) is 5.90. The van der Waals surface area contributed by atoms with E-state index in [4.69, 9.17) is 11.6 Å². The molecular weight excluding hydrogens is 340 g/mol. The van der Waals surface area contributed by atoms with E-state index < -0.39 is 29.2 Å². The zero-order chi connectivity index (χ0) is 16.7. The normalized spacial score (nSPS) is 23.2. The number of hydrogen-bond donors (Lipinski definition) is 2. The van der Waals surface area contributed by atoms with Gasteiger partial charge in [-0.2, -0.15) is 0 Å².